The van der Waals surface area contributed by atoms with E-state index in [0.29, 0.717) is 0 Å². The lowest BCUT2D eigenvalue weighted by Gasteiger charge is -2.16. The molecular formula is C18H28IN5S. The molecule has 0 aliphatic rings. The summed E-state index contributed by atoms with van der Waals surface area (Å²) in [5.74, 6) is 0.806. The van der Waals surface area contributed by atoms with Crippen molar-refractivity contribution >= 4 is 41.3 Å². The van der Waals surface area contributed by atoms with Crippen LogP contribution in [-0.4, -0.2) is 37.0 Å². The molecule has 5 nitrogen and oxygen atoms in total. The quantitative estimate of drug-likeness (QED) is 0.384. The van der Waals surface area contributed by atoms with Crippen molar-refractivity contribution in [3.8, 4) is 0 Å². The van der Waals surface area contributed by atoms with Crippen LogP contribution < -0.4 is 10.6 Å². The molecule has 2 N–H and O–H groups in total. The molecular weight excluding hydrogens is 445 g/mol. The Kier molecular flexibility index (Phi) is 9.37. The van der Waals surface area contributed by atoms with Gasteiger partial charge in [-0.25, -0.2) is 4.98 Å². The van der Waals surface area contributed by atoms with Gasteiger partial charge in [-0.2, -0.15) is 0 Å². The highest BCUT2D eigenvalue weighted by atomic mass is 127. The maximum Gasteiger partial charge on any atom is 0.191 e. The summed E-state index contributed by atoms with van der Waals surface area (Å²) < 4.78 is 0. The highest BCUT2D eigenvalue weighted by molar-refractivity contribution is 14.0. The van der Waals surface area contributed by atoms with E-state index in [-0.39, 0.29) is 24.0 Å². The van der Waals surface area contributed by atoms with E-state index in [9.17, 15) is 0 Å². The van der Waals surface area contributed by atoms with Crippen LogP contribution in [0, 0.1) is 13.8 Å². The fraction of sp³-hybridized carbons (Fsp3) is 0.444. The van der Waals surface area contributed by atoms with Gasteiger partial charge in [-0.15, -0.1) is 35.3 Å². The van der Waals surface area contributed by atoms with E-state index >= 15 is 0 Å². The standard InChI is InChI=1S/C18H27N5S.HI/c1-13-17(24-14(2)22-13)11-21-18(19-3)20-10-15-8-6-7-9-16(15)12-23(4)5;/h6-9H,10-12H2,1-5H3,(H2,19,20,21);1H. The summed E-state index contributed by atoms with van der Waals surface area (Å²) in [6, 6.07) is 8.51. The molecule has 0 radical (unpaired) electrons. The Bertz CT molecular complexity index is 697. The van der Waals surface area contributed by atoms with E-state index in [1.807, 2.05) is 13.8 Å². The van der Waals surface area contributed by atoms with Crippen LogP contribution in [0.15, 0.2) is 29.3 Å². The predicted molar refractivity (Wildman–Crippen MR) is 118 cm³/mol. The van der Waals surface area contributed by atoms with Crippen LogP contribution in [0.2, 0.25) is 0 Å². The van der Waals surface area contributed by atoms with Crippen molar-refractivity contribution in [1.29, 1.82) is 0 Å². The molecule has 25 heavy (non-hydrogen) atoms. The number of guanidine groups is 1. The van der Waals surface area contributed by atoms with Gasteiger partial charge in [0.05, 0.1) is 17.2 Å². The number of aliphatic imine (C=N–C) groups is 1. The number of hydrogen-bond acceptors (Lipinski definition) is 4. The molecule has 0 saturated heterocycles. The summed E-state index contributed by atoms with van der Waals surface area (Å²) in [7, 11) is 5.97. The molecule has 0 bridgehead atoms. The van der Waals surface area contributed by atoms with Crippen molar-refractivity contribution in [2.75, 3.05) is 21.1 Å². The second-order valence-electron chi connectivity index (χ2n) is 6.03. The number of halogens is 1. The summed E-state index contributed by atoms with van der Waals surface area (Å²) in [6.07, 6.45) is 0. The maximum absolute atomic E-state index is 4.46. The molecule has 2 aromatic rings. The Labute approximate surface area is 172 Å². The largest absolute Gasteiger partial charge is 0.352 e. The Morgan fingerprint density at radius 3 is 2.32 bits per heavy atom. The summed E-state index contributed by atoms with van der Waals surface area (Å²) >= 11 is 1.73. The molecule has 7 heteroatoms. The van der Waals surface area contributed by atoms with Crippen molar-refractivity contribution in [2.45, 2.75) is 33.5 Å². The summed E-state index contributed by atoms with van der Waals surface area (Å²) in [5, 5.41) is 7.87. The van der Waals surface area contributed by atoms with Crippen LogP contribution in [0.25, 0.3) is 0 Å². The minimum Gasteiger partial charge on any atom is -0.352 e. The Balaban J connectivity index is 0.00000312. The van der Waals surface area contributed by atoms with Gasteiger partial charge < -0.3 is 15.5 Å². The van der Waals surface area contributed by atoms with Crippen molar-refractivity contribution in [3.63, 3.8) is 0 Å². The van der Waals surface area contributed by atoms with Gasteiger partial charge in [-0.1, -0.05) is 24.3 Å². The van der Waals surface area contributed by atoms with E-state index in [1.165, 1.54) is 16.0 Å². The number of rotatable bonds is 6. The van der Waals surface area contributed by atoms with Crippen LogP contribution >= 0.6 is 35.3 Å². The van der Waals surface area contributed by atoms with E-state index < -0.39 is 0 Å². The monoisotopic (exact) mass is 473 g/mol. The van der Waals surface area contributed by atoms with Crippen LogP contribution in [0.5, 0.6) is 0 Å². The third-order valence-corrected chi connectivity index (χ3v) is 4.76. The zero-order chi connectivity index (χ0) is 17.5. The molecule has 0 amide bonds. The molecule has 2 rings (SSSR count). The number of aromatic nitrogens is 1. The average molecular weight is 473 g/mol. The first-order valence-corrected chi connectivity index (χ1v) is 8.90. The normalized spacial score (nSPS) is 11.4. The molecule has 1 heterocycles. The first-order chi connectivity index (χ1) is 11.5. The smallest absolute Gasteiger partial charge is 0.191 e. The van der Waals surface area contributed by atoms with Gasteiger partial charge in [0, 0.05) is 25.0 Å². The van der Waals surface area contributed by atoms with E-state index in [4.69, 9.17) is 0 Å². The van der Waals surface area contributed by atoms with Gasteiger partial charge in [-0.3, -0.25) is 4.99 Å². The second kappa shape index (κ2) is 10.7. The number of nitrogens with zero attached hydrogens (tertiary/aromatic N) is 3. The summed E-state index contributed by atoms with van der Waals surface area (Å²) in [5.41, 5.74) is 3.72. The minimum atomic E-state index is 0. The summed E-state index contributed by atoms with van der Waals surface area (Å²) in [6.45, 7) is 6.52. The zero-order valence-corrected chi connectivity index (χ0v) is 18.7. The molecule has 1 aromatic heterocycles. The number of thiazole rings is 1. The molecule has 1 aromatic carbocycles. The van der Waals surface area contributed by atoms with Gasteiger partial charge in [-0.05, 0) is 39.1 Å². The van der Waals surface area contributed by atoms with Crippen molar-refractivity contribution < 1.29 is 0 Å². The molecule has 0 aliphatic carbocycles. The Hall–Kier alpha value is -1.19. The molecule has 0 saturated carbocycles. The predicted octanol–water partition coefficient (Wildman–Crippen LogP) is 3.30. The van der Waals surface area contributed by atoms with Crippen LogP contribution in [0.1, 0.15) is 26.7 Å². The lowest BCUT2D eigenvalue weighted by molar-refractivity contribution is 0.400. The second-order valence-corrected chi connectivity index (χ2v) is 7.32. The first-order valence-electron chi connectivity index (χ1n) is 8.08. The molecule has 0 atom stereocenters. The van der Waals surface area contributed by atoms with E-state index in [1.54, 1.807) is 18.4 Å². The molecule has 138 valence electrons. The van der Waals surface area contributed by atoms with Crippen molar-refractivity contribution in [2.24, 2.45) is 4.99 Å². The Morgan fingerprint density at radius 1 is 1.12 bits per heavy atom. The lowest BCUT2D eigenvalue weighted by Crippen LogP contribution is -2.36. The minimum absolute atomic E-state index is 0. The van der Waals surface area contributed by atoms with E-state index in [0.717, 1.165) is 36.3 Å². The maximum atomic E-state index is 4.46. The first kappa shape index (κ1) is 21.9. The third kappa shape index (κ3) is 6.91. The van der Waals surface area contributed by atoms with E-state index in [2.05, 4.69) is 63.9 Å². The highest BCUT2D eigenvalue weighted by Crippen LogP contribution is 2.16. The third-order valence-electron chi connectivity index (χ3n) is 3.69. The number of benzene rings is 1. The van der Waals surface area contributed by atoms with Gasteiger partial charge in [0.1, 0.15) is 0 Å². The van der Waals surface area contributed by atoms with Crippen LogP contribution in [0.3, 0.4) is 0 Å². The van der Waals surface area contributed by atoms with Crippen LogP contribution in [-0.2, 0) is 19.6 Å². The van der Waals surface area contributed by atoms with Gasteiger partial charge in [0.25, 0.3) is 0 Å². The SMILES string of the molecule is CN=C(NCc1ccccc1CN(C)C)NCc1sc(C)nc1C.I. The van der Waals surface area contributed by atoms with Crippen LogP contribution in [0.4, 0.5) is 0 Å². The van der Waals surface area contributed by atoms with Gasteiger partial charge >= 0.3 is 0 Å². The van der Waals surface area contributed by atoms with Crippen molar-refractivity contribution in [3.05, 3.63) is 51.0 Å². The number of nitrogens with one attached hydrogen (secondary N) is 2. The lowest BCUT2D eigenvalue weighted by atomic mass is 10.1. The fourth-order valence-corrected chi connectivity index (χ4v) is 3.40. The van der Waals surface area contributed by atoms with Gasteiger partial charge in [0.15, 0.2) is 5.96 Å². The highest BCUT2D eigenvalue weighted by Gasteiger charge is 2.07. The molecule has 0 unspecified atom stereocenters. The van der Waals surface area contributed by atoms with Gasteiger partial charge in [0.2, 0.25) is 0 Å². The fourth-order valence-electron chi connectivity index (χ4n) is 2.53. The summed E-state index contributed by atoms with van der Waals surface area (Å²) in [4.78, 5) is 12.2. The average Bonchev–Trinajstić information content (AvgIpc) is 2.86. The zero-order valence-electron chi connectivity index (χ0n) is 15.6. The topological polar surface area (TPSA) is 52.6 Å². The molecule has 0 aliphatic heterocycles. The number of hydrogen-bond donors (Lipinski definition) is 2. The molecule has 0 fully saturated rings. The molecule has 0 spiro atoms. The number of aryl methyl sites for hydroxylation is 2. The Morgan fingerprint density at radius 2 is 1.76 bits per heavy atom. The van der Waals surface area contributed by atoms with Crippen molar-refractivity contribution in [1.82, 2.24) is 20.5 Å².